The molecular formula is C24H29F3O9S. The Hall–Kier alpha value is -2.15. The van der Waals surface area contributed by atoms with E-state index in [-0.39, 0.29) is 5.92 Å². The molecule has 5 aliphatic rings. The zero-order valence-electron chi connectivity index (χ0n) is 21.1. The Labute approximate surface area is 212 Å². The van der Waals surface area contributed by atoms with Gasteiger partial charge in [0.1, 0.15) is 0 Å². The number of carbonyl (C=O) groups excluding carboxylic acids is 3. The summed E-state index contributed by atoms with van der Waals surface area (Å²) in [6, 6.07) is 0. The molecule has 10 atom stereocenters. The number of fused-ring (bicyclic) bond motifs is 3. The van der Waals surface area contributed by atoms with E-state index < -0.39 is 91.9 Å². The van der Waals surface area contributed by atoms with Crippen molar-refractivity contribution >= 4 is 28.0 Å². The van der Waals surface area contributed by atoms with E-state index in [1.165, 1.54) is 6.92 Å². The van der Waals surface area contributed by atoms with Crippen molar-refractivity contribution in [1.29, 1.82) is 0 Å². The zero-order chi connectivity index (χ0) is 27.7. The lowest BCUT2D eigenvalue weighted by Crippen LogP contribution is -2.65. The second-order valence-electron chi connectivity index (χ2n) is 11.7. The lowest BCUT2D eigenvalue weighted by Gasteiger charge is -2.47. The topological polar surface area (TPSA) is 122 Å². The molecule has 2 spiro atoms. The van der Waals surface area contributed by atoms with E-state index in [0.29, 0.717) is 12.0 Å². The quantitative estimate of drug-likeness (QED) is 0.225. The van der Waals surface area contributed by atoms with Gasteiger partial charge in [-0.25, -0.2) is 4.79 Å². The van der Waals surface area contributed by atoms with Crippen LogP contribution in [-0.2, 0) is 38.1 Å². The van der Waals surface area contributed by atoms with Crippen LogP contribution < -0.4 is 0 Å². The second-order valence-corrected chi connectivity index (χ2v) is 13.3. The van der Waals surface area contributed by atoms with Crippen LogP contribution in [-0.4, -0.2) is 55.7 Å². The number of ketones is 1. The van der Waals surface area contributed by atoms with Gasteiger partial charge in [-0.2, -0.15) is 21.6 Å². The van der Waals surface area contributed by atoms with Gasteiger partial charge in [-0.15, -0.1) is 0 Å². The van der Waals surface area contributed by atoms with E-state index in [9.17, 15) is 36.0 Å². The summed E-state index contributed by atoms with van der Waals surface area (Å²) in [4.78, 5) is 39.5. The zero-order valence-corrected chi connectivity index (χ0v) is 21.9. The Morgan fingerprint density at radius 3 is 2.38 bits per heavy atom. The van der Waals surface area contributed by atoms with Gasteiger partial charge >= 0.3 is 27.8 Å². The minimum absolute atomic E-state index is 0.129. The number of carbonyl (C=O) groups is 3. The largest absolute Gasteiger partial charge is 0.523 e. The van der Waals surface area contributed by atoms with Gasteiger partial charge in [0, 0.05) is 12.8 Å². The molecule has 1 saturated heterocycles. The average molecular weight is 551 g/mol. The number of alkyl halides is 3. The van der Waals surface area contributed by atoms with Gasteiger partial charge in [0.2, 0.25) is 5.60 Å². The van der Waals surface area contributed by atoms with Crippen LogP contribution in [0.25, 0.3) is 0 Å². The van der Waals surface area contributed by atoms with E-state index in [4.69, 9.17) is 18.4 Å². The molecule has 0 radical (unpaired) electrons. The summed E-state index contributed by atoms with van der Waals surface area (Å²) in [7, 11) is -6.12. The Kier molecular flexibility index (Phi) is 5.35. The summed E-state index contributed by atoms with van der Waals surface area (Å²) in [6.07, 6.45) is -3.68. The number of halogens is 3. The molecule has 0 aromatic rings. The Bertz CT molecular complexity index is 1220. The molecule has 4 fully saturated rings. The molecule has 1 heterocycles. The number of ether oxygens (including phenoxy) is 3. The number of hydrogen-bond donors (Lipinski definition) is 0. The lowest BCUT2D eigenvalue weighted by atomic mass is 9.59. The maximum atomic E-state index is 14.7. The molecule has 0 aromatic carbocycles. The van der Waals surface area contributed by atoms with E-state index in [0.717, 1.165) is 6.92 Å². The van der Waals surface area contributed by atoms with Crippen molar-refractivity contribution in [1.82, 2.24) is 0 Å². The maximum Gasteiger partial charge on any atom is 0.523 e. The highest BCUT2D eigenvalue weighted by atomic mass is 32.2. The molecule has 37 heavy (non-hydrogen) atoms. The fourth-order valence-corrected chi connectivity index (χ4v) is 8.77. The highest BCUT2D eigenvalue weighted by Gasteiger charge is 2.83. The molecule has 5 rings (SSSR count). The van der Waals surface area contributed by atoms with Crippen molar-refractivity contribution in [2.45, 2.75) is 77.4 Å². The Morgan fingerprint density at radius 1 is 1.19 bits per heavy atom. The lowest BCUT2D eigenvalue weighted by molar-refractivity contribution is -0.181. The highest BCUT2D eigenvalue weighted by molar-refractivity contribution is 7.87. The molecule has 1 aliphatic heterocycles. The predicted octanol–water partition coefficient (Wildman–Crippen LogP) is 3.52. The fourth-order valence-electron chi connectivity index (χ4n) is 8.07. The molecule has 3 saturated carbocycles. The van der Waals surface area contributed by atoms with Crippen LogP contribution in [0, 0.1) is 40.4 Å². The molecule has 13 heteroatoms. The van der Waals surface area contributed by atoms with Crippen LogP contribution in [0.3, 0.4) is 0 Å². The van der Waals surface area contributed by atoms with Gasteiger partial charge in [-0.1, -0.05) is 33.8 Å². The number of rotatable bonds is 3. The number of hydrogen-bond acceptors (Lipinski definition) is 9. The van der Waals surface area contributed by atoms with Crippen molar-refractivity contribution in [3.63, 3.8) is 0 Å². The summed E-state index contributed by atoms with van der Waals surface area (Å²) in [5, 5.41) is 0. The standard InChI is InChI=1S/C24H29F3O9S/c1-9-8-22-10(2)7-13-15(21(13,5)6)14(17(22)29)16(36-37(31,32)24(25,26)27)11(3)19-23(22,35-20(30)34-19)18(9)33-12(4)28/h8,10-11,13-16,18-19H,7H2,1-6H3/t10-,11+,13?,14?,15-,16-,18+,19-,22+,23?/m1/s1. The van der Waals surface area contributed by atoms with Crippen LogP contribution in [0.1, 0.15) is 48.0 Å². The highest BCUT2D eigenvalue weighted by Crippen LogP contribution is 2.74. The smallest absolute Gasteiger partial charge is 0.454 e. The van der Waals surface area contributed by atoms with Gasteiger partial charge in [0.25, 0.3) is 0 Å². The minimum Gasteiger partial charge on any atom is -0.454 e. The third kappa shape index (κ3) is 3.12. The van der Waals surface area contributed by atoms with E-state index >= 15 is 0 Å². The molecule has 0 amide bonds. The van der Waals surface area contributed by atoms with Crippen LogP contribution in [0.15, 0.2) is 11.6 Å². The minimum atomic E-state index is -6.12. The first kappa shape index (κ1) is 26.5. The van der Waals surface area contributed by atoms with E-state index in [2.05, 4.69) is 0 Å². The van der Waals surface area contributed by atoms with Crippen molar-refractivity contribution in [2.75, 3.05) is 0 Å². The van der Waals surface area contributed by atoms with Crippen LogP contribution in [0.2, 0.25) is 0 Å². The van der Waals surface area contributed by atoms with E-state index in [1.807, 2.05) is 13.8 Å². The monoisotopic (exact) mass is 550 g/mol. The summed E-state index contributed by atoms with van der Waals surface area (Å²) in [5.74, 6) is -4.98. The van der Waals surface area contributed by atoms with Crippen LogP contribution >= 0.6 is 0 Å². The van der Waals surface area contributed by atoms with Gasteiger partial charge in [-0.05, 0) is 42.1 Å². The summed E-state index contributed by atoms with van der Waals surface area (Å²) in [5.41, 5.74) is -9.35. The van der Waals surface area contributed by atoms with Crippen LogP contribution in [0.5, 0.6) is 0 Å². The molecule has 0 N–H and O–H groups in total. The molecule has 3 unspecified atom stereocenters. The first-order chi connectivity index (χ1) is 16.8. The maximum absolute atomic E-state index is 14.7. The third-order valence-electron chi connectivity index (χ3n) is 9.58. The molecule has 9 nitrogen and oxygen atoms in total. The van der Waals surface area contributed by atoms with Gasteiger partial charge < -0.3 is 14.2 Å². The third-order valence-corrected chi connectivity index (χ3v) is 10.6. The Balaban J connectivity index is 1.79. The second kappa shape index (κ2) is 7.49. The normalized spacial score (nSPS) is 45.8. The number of esters is 1. The molecular weight excluding hydrogens is 521 g/mol. The molecule has 2 bridgehead atoms. The average Bonchev–Trinajstić information content (AvgIpc) is 3.03. The molecule has 0 aromatic heterocycles. The van der Waals surface area contributed by atoms with Crippen LogP contribution in [0.4, 0.5) is 18.0 Å². The van der Waals surface area contributed by atoms with Crippen molar-refractivity contribution < 1.29 is 54.4 Å². The van der Waals surface area contributed by atoms with Crippen molar-refractivity contribution in [3.05, 3.63) is 11.6 Å². The van der Waals surface area contributed by atoms with Crippen molar-refractivity contribution in [3.8, 4) is 0 Å². The number of Topliss-reactive ketones (excluding diaryl/α,β-unsaturated/α-hetero) is 1. The van der Waals surface area contributed by atoms with E-state index in [1.54, 1.807) is 19.9 Å². The van der Waals surface area contributed by atoms with Gasteiger partial charge in [0.15, 0.2) is 18.0 Å². The summed E-state index contributed by atoms with van der Waals surface area (Å²) >= 11 is 0. The first-order valence-electron chi connectivity index (χ1n) is 12.1. The van der Waals surface area contributed by atoms with Crippen molar-refractivity contribution in [2.24, 2.45) is 40.4 Å². The SMILES string of the molecule is CC(=O)O[C@H]1C(C)=C[C@@]23C(=O)C([C@H]4C(C[C@H]2C)C4(C)C)[C@H](OS(=O)(=O)C(F)(F)F)[C@H](C)[C@H]2OC(=O)OC213. The predicted molar refractivity (Wildman–Crippen MR) is 118 cm³/mol. The molecule has 206 valence electrons. The molecule has 4 aliphatic carbocycles. The summed E-state index contributed by atoms with van der Waals surface area (Å²) < 4.78 is 86.7. The fraction of sp³-hybridized carbons (Fsp3) is 0.792. The first-order valence-corrected chi connectivity index (χ1v) is 13.6. The Morgan fingerprint density at radius 2 is 1.81 bits per heavy atom. The summed E-state index contributed by atoms with van der Waals surface area (Å²) in [6.45, 7) is 9.69. The van der Waals surface area contributed by atoms with Gasteiger partial charge in [0.05, 0.1) is 17.4 Å². The van der Waals surface area contributed by atoms with Gasteiger partial charge in [-0.3, -0.25) is 13.8 Å².